The number of benzene rings is 3. The fraction of sp³-hybridized carbons (Fsp3) is 0.405. The number of methoxy groups -OCH3 is 1. The number of hydrogen-bond donors (Lipinski definition) is 1. The first-order valence-electron chi connectivity index (χ1n) is 17.0. The van der Waals surface area contributed by atoms with Crippen LogP contribution < -0.4 is 19.7 Å². The molecule has 0 radical (unpaired) electrons. The SMILES string of the molecule is COc1ccc([Si](C)(C)[C@@H]2[C@@H](CCn3cc(CCO)nn3)O[C@]3(C(=O)N(Cc4ccc(N5CCOC5=O)cc4)c4ccc(Br)cc43)[C@H]2C)cc1. The summed E-state index contributed by atoms with van der Waals surface area (Å²) in [6, 6.07) is 22.1. The van der Waals surface area contributed by atoms with Crippen molar-refractivity contribution in [3.05, 3.63) is 94.2 Å². The highest BCUT2D eigenvalue weighted by Crippen LogP contribution is 2.60. The van der Waals surface area contributed by atoms with Crippen molar-refractivity contribution in [2.45, 2.75) is 63.2 Å². The van der Waals surface area contributed by atoms with Gasteiger partial charge in [0.15, 0.2) is 5.60 Å². The average Bonchev–Trinajstić information content (AvgIpc) is 3.87. The molecule has 0 aliphatic carbocycles. The maximum Gasteiger partial charge on any atom is 0.414 e. The highest BCUT2D eigenvalue weighted by atomic mass is 79.9. The van der Waals surface area contributed by atoms with Crippen LogP contribution in [0.1, 0.15) is 30.2 Å². The maximum absolute atomic E-state index is 15.1. The molecule has 2 fully saturated rings. The molecule has 4 aromatic rings. The molecule has 4 heterocycles. The van der Waals surface area contributed by atoms with Crippen molar-refractivity contribution in [1.82, 2.24) is 15.0 Å². The summed E-state index contributed by atoms with van der Waals surface area (Å²) in [4.78, 5) is 30.7. The molecule has 0 unspecified atom stereocenters. The van der Waals surface area contributed by atoms with Crippen molar-refractivity contribution in [1.29, 1.82) is 0 Å². The molecule has 1 spiro atoms. The monoisotopic (exact) mass is 759 g/mol. The second-order valence-electron chi connectivity index (χ2n) is 13.9. The maximum atomic E-state index is 15.1. The summed E-state index contributed by atoms with van der Waals surface area (Å²) in [6.45, 7) is 8.76. The summed E-state index contributed by atoms with van der Waals surface area (Å²) in [7, 11) is -0.645. The Hall–Kier alpha value is -4.04. The van der Waals surface area contributed by atoms with E-state index in [1.807, 2.05) is 70.4 Å². The second kappa shape index (κ2) is 13.6. The van der Waals surface area contributed by atoms with Gasteiger partial charge in [0, 0.05) is 47.4 Å². The first-order chi connectivity index (χ1) is 24.1. The van der Waals surface area contributed by atoms with Crippen molar-refractivity contribution in [3.8, 4) is 5.75 Å². The molecule has 3 aliphatic rings. The van der Waals surface area contributed by atoms with Gasteiger partial charge in [0.25, 0.3) is 5.91 Å². The summed E-state index contributed by atoms with van der Waals surface area (Å²) >= 11 is 3.70. The third-order valence-electron chi connectivity index (χ3n) is 10.7. The Balaban J connectivity index is 1.25. The molecule has 3 aromatic carbocycles. The molecule has 262 valence electrons. The van der Waals surface area contributed by atoms with E-state index in [1.165, 1.54) is 5.19 Å². The largest absolute Gasteiger partial charge is 0.497 e. The van der Waals surface area contributed by atoms with Crippen LogP contribution in [-0.2, 0) is 39.4 Å². The van der Waals surface area contributed by atoms with Crippen LogP contribution in [0.25, 0.3) is 0 Å². The lowest BCUT2D eigenvalue weighted by molar-refractivity contribution is -0.146. The normalized spacial score (nSPS) is 23.2. The van der Waals surface area contributed by atoms with Gasteiger partial charge in [-0.3, -0.25) is 14.4 Å². The average molecular weight is 761 g/mol. The quantitative estimate of drug-likeness (QED) is 0.202. The van der Waals surface area contributed by atoms with Gasteiger partial charge in [-0.15, -0.1) is 5.10 Å². The minimum Gasteiger partial charge on any atom is -0.497 e. The minimum absolute atomic E-state index is 0.0129. The van der Waals surface area contributed by atoms with Gasteiger partial charge >= 0.3 is 6.09 Å². The van der Waals surface area contributed by atoms with E-state index in [4.69, 9.17) is 14.2 Å². The fourth-order valence-electron chi connectivity index (χ4n) is 8.24. The number of carbonyl (C=O) groups is 2. The summed E-state index contributed by atoms with van der Waals surface area (Å²) in [5, 5.41) is 19.2. The van der Waals surface area contributed by atoms with Crippen LogP contribution in [-0.4, -0.2) is 73.1 Å². The molecule has 2 amide bonds. The molecule has 1 aromatic heterocycles. The number of aliphatic hydroxyl groups is 1. The van der Waals surface area contributed by atoms with Crippen LogP contribution >= 0.6 is 15.9 Å². The number of halogens is 1. The zero-order valence-corrected chi connectivity index (χ0v) is 31.3. The van der Waals surface area contributed by atoms with Crippen LogP contribution in [0, 0.1) is 5.92 Å². The Morgan fingerprint density at radius 2 is 1.84 bits per heavy atom. The lowest BCUT2D eigenvalue weighted by Gasteiger charge is -2.37. The molecule has 50 heavy (non-hydrogen) atoms. The molecule has 0 bridgehead atoms. The number of aromatic nitrogens is 3. The van der Waals surface area contributed by atoms with Crippen LogP contribution in [0.2, 0.25) is 18.6 Å². The predicted molar refractivity (Wildman–Crippen MR) is 195 cm³/mol. The Morgan fingerprint density at radius 3 is 2.52 bits per heavy atom. The van der Waals surface area contributed by atoms with Crippen LogP contribution in [0.5, 0.6) is 5.75 Å². The molecule has 11 nitrogen and oxygen atoms in total. The van der Waals surface area contributed by atoms with E-state index in [-0.39, 0.29) is 36.2 Å². The fourth-order valence-corrected chi connectivity index (χ4v) is 12.7. The summed E-state index contributed by atoms with van der Waals surface area (Å²) in [6.07, 6.45) is 2.37. The predicted octanol–water partition coefficient (Wildman–Crippen LogP) is 5.39. The third kappa shape index (κ3) is 5.93. The number of hydrogen-bond acceptors (Lipinski definition) is 8. The van der Waals surface area contributed by atoms with Gasteiger partial charge in [-0.05, 0) is 60.0 Å². The van der Waals surface area contributed by atoms with E-state index < -0.39 is 13.7 Å². The molecule has 4 atom stereocenters. The number of nitrogens with zero attached hydrogens (tertiary/aromatic N) is 5. The number of carbonyl (C=O) groups excluding carboxylic acids is 2. The Kier molecular flexibility index (Phi) is 9.35. The van der Waals surface area contributed by atoms with Crippen LogP contribution in [0.4, 0.5) is 16.2 Å². The second-order valence-corrected chi connectivity index (χ2v) is 19.5. The molecular weight excluding hydrogens is 718 g/mol. The van der Waals surface area contributed by atoms with Gasteiger partial charge in [0.1, 0.15) is 12.4 Å². The van der Waals surface area contributed by atoms with E-state index in [0.29, 0.717) is 39.1 Å². The molecule has 3 aliphatic heterocycles. The van der Waals surface area contributed by atoms with Gasteiger partial charge in [-0.1, -0.05) is 70.6 Å². The van der Waals surface area contributed by atoms with E-state index in [1.54, 1.807) is 12.0 Å². The van der Waals surface area contributed by atoms with E-state index in [2.05, 4.69) is 58.4 Å². The van der Waals surface area contributed by atoms with Gasteiger partial charge in [-0.2, -0.15) is 0 Å². The van der Waals surface area contributed by atoms with E-state index >= 15 is 4.79 Å². The zero-order chi connectivity index (χ0) is 35.2. The zero-order valence-electron chi connectivity index (χ0n) is 28.7. The van der Waals surface area contributed by atoms with Crippen molar-refractivity contribution in [2.75, 3.05) is 36.7 Å². The summed E-state index contributed by atoms with van der Waals surface area (Å²) in [5.41, 5.74) is 3.05. The van der Waals surface area contributed by atoms with Crippen molar-refractivity contribution >= 4 is 52.6 Å². The number of aliphatic hydroxyl groups excluding tert-OH is 1. The Bertz CT molecular complexity index is 1890. The van der Waals surface area contributed by atoms with Gasteiger partial charge in [0.05, 0.1) is 45.8 Å². The summed E-state index contributed by atoms with van der Waals surface area (Å²) < 4.78 is 20.5. The van der Waals surface area contributed by atoms with E-state index in [9.17, 15) is 9.90 Å². The number of fused-ring (bicyclic) bond motifs is 2. The topological polar surface area (TPSA) is 119 Å². The first kappa shape index (κ1) is 34.4. The lowest BCUT2D eigenvalue weighted by atomic mass is 9.82. The smallest absolute Gasteiger partial charge is 0.414 e. The highest BCUT2D eigenvalue weighted by molar-refractivity contribution is 9.10. The number of aryl methyl sites for hydroxylation is 1. The van der Waals surface area contributed by atoms with Crippen molar-refractivity contribution in [2.24, 2.45) is 5.92 Å². The molecule has 2 saturated heterocycles. The molecule has 13 heteroatoms. The highest BCUT2D eigenvalue weighted by Gasteiger charge is 2.66. The number of ether oxygens (including phenoxy) is 3. The van der Waals surface area contributed by atoms with Gasteiger partial charge < -0.3 is 24.2 Å². The molecule has 7 rings (SSSR count). The standard InChI is InChI=1S/C37H42BrN5O6Si/c1-24-34(50(3,4)30-12-10-29(47-2)11-13-30)33(15-17-41-23-27(16-19-44)39-40-41)49-37(24)31-21-26(38)7-14-32(31)43(35(37)45)22-25-5-8-28(9-6-25)42-18-20-48-36(42)46/h5-14,21,23-24,33-34,44H,15-20,22H2,1-4H3/t24-,33+,34-,37+/m0/s1. The van der Waals surface area contributed by atoms with Crippen LogP contribution in [0.15, 0.2) is 77.4 Å². The Labute approximate surface area is 301 Å². The van der Waals surface area contributed by atoms with Crippen molar-refractivity contribution < 1.29 is 28.9 Å². The van der Waals surface area contributed by atoms with Crippen LogP contribution in [0.3, 0.4) is 0 Å². The number of cyclic esters (lactones) is 1. The number of anilines is 2. The van der Waals surface area contributed by atoms with Gasteiger partial charge in [-0.25, -0.2) is 4.79 Å². The molecule has 0 saturated carbocycles. The lowest BCUT2D eigenvalue weighted by Crippen LogP contribution is -2.51. The molecule has 1 N–H and O–H groups in total. The first-order valence-corrected chi connectivity index (χ1v) is 20.9. The van der Waals surface area contributed by atoms with E-state index in [0.717, 1.165) is 38.4 Å². The van der Waals surface area contributed by atoms with Gasteiger partial charge in [0.2, 0.25) is 0 Å². The summed E-state index contributed by atoms with van der Waals surface area (Å²) in [5.74, 6) is 0.593. The minimum atomic E-state index is -2.32. The Morgan fingerprint density at radius 1 is 1.08 bits per heavy atom. The number of amides is 2. The molecular formula is C37H42BrN5O6Si. The van der Waals surface area contributed by atoms with Crippen molar-refractivity contribution in [3.63, 3.8) is 0 Å². The third-order valence-corrected chi connectivity index (χ3v) is 15.6. The number of rotatable bonds is 11.